The fourth-order valence-corrected chi connectivity index (χ4v) is 10.0. The van der Waals surface area contributed by atoms with Crippen molar-refractivity contribution in [1.29, 1.82) is 0 Å². The molecule has 7 aliphatic rings. The summed E-state index contributed by atoms with van der Waals surface area (Å²) in [4.78, 5) is 22.7. The molecule has 440 valence electrons. The van der Waals surface area contributed by atoms with Gasteiger partial charge in [0.25, 0.3) is 0 Å². The van der Waals surface area contributed by atoms with E-state index in [1.807, 2.05) is 44.4 Å². The molecule has 7 heterocycles. The zero-order chi connectivity index (χ0) is 55.4. The van der Waals surface area contributed by atoms with Crippen molar-refractivity contribution in [3.05, 3.63) is 79.7 Å². The van der Waals surface area contributed by atoms with Gasteiger partial charge in [0.05, 0.1) is 122 Å². The molecule has 75 heavy (non-hydrogen) atoms. The van der Waals surface area contributed by atoms with E-state index in [0.717, 1.165) is 103 Å². The van der Waals surface area contributed by atoms with E-state index in [4.69, 9.17) is 23.7 Å². The molecule has 0 unspecified atom stereocenters. The highest BCUT2D eigenvalue weighted by Gasteiger charge is 2.25. The summed E-state index contributed by atoms with van der Waals surface area (Å²) in [5.41, 5.74) is 0. The van der Waals surface area contributed by atoms with Crippen LogP contribution in [0.25, 0.3) is 0 Å². The third-order valence-corrected chi connectivity index (χ3v) is 15.1. The second-order valence-electron chi connectivity index (χ2n) is 22.6. The average Bonchev–Trinajstić information content (AvgIpc) is 3.41. The maximum atomic E-state index is 12.3. The number of halogens is 1. The third-order valence-electron chi connectivity index (χ3n) is 15.1. The Labute approximate surface area is 460 Å². The number of carbonyl (C=O) groups is 1. The van der Waals surface area contributed by atoms with Crippen molar-refractivity contribution in [2.75, 3.05) is 126 Å². The molecular weight excluding hydrogens is 948 g/mol. The zero-order valence-corrected chi connectivity index (χ0v) is 49.2. The number of likely N-dealkylation sites (tertiary alicyclic amines) is 7. The number of rotatable bonds is 11. The summed E-state index contributed by atoms with van der Waals surface area (Å²) in [6.07, 6.45) is 18.5. The van der Waals surface area contributed by atoms with Crippen molar-refractivity contribution in [1.82, 2.24) is 4.90 Å². The Bertz CT molecular complexity index is 1440. The molecule has 7 N–H and O–H groups in total. The first-order valence-electron chi connectivity index (χ1n) is 29.6. The summed E-state index contributed by atoms with van der Waals surface area (Å²) in [7, 11) is 33.0. The van der Waals surface area contributed by atoms with Crippen molar-refractivity contribution < 1.29 is 67.2 Å². The van der Waals surface area contributed by atoms with E-state index in [0.29, 0.717) is 49.5 Å². The predicted molar refractivity (Wildman–Crippen MR) is 301 cm³/mol. The van der Waals surface area contributed by atoms with Crippen LogP contribution in [0.4, 0.5) is 4.39 Å². The number of nitrogens with zero attached hydrogens (tertiary/aromatic N) is 1. The zero-order valence-electron chi connectivity index (χ0n) is 49.2. The monoisotopic (exact) mass is 1060 g/mol. The second kappa shape index (κ2) is 41.9. The smallest absolute Gasteiger partial charge is 0.225 e. The fourth-order valence-electron chi connectivity index (χ4n) is 10.0. The maximum absolute atomic E-state index is 12.3. The Kier molecular flexibility index (Phi) is 38.6. The molecule has 1 aromatic rings. The molecular formula is C60H117FN8O6. The molecule has 1 amide bonds. The number of para-hydroxylation sites is 1. The van der Waals surface area contributed by atoms with Crippen LogP contribution in [0, 0.1) is 55.3 Å². The lowest BCUT2D eigenvalue weighted by Crippen LogP contribution is -3.08. The van der Waals surface area contributed by atoms with E-state index < -0.39 is 6.17 Å². The van der Waals surface area contributed by atoms with Crippen LogP contribution < -0.4 is 39.0 Å². The number of amides is 1. The Morgan fingerprint density at radius 1 is 0.533 bits per heavy atom. The highest BCUT2D eigenvalue weighted by atomic mass is 19.1. The number of carbonyl (C=O) groups excluding carboxylic acids is 1. The summed E-state index contributed by atoms with van der Waals surface area (Å²) in [6.45, 7) is 25.7. The molecule has 8 rings (SSSR count). The van der Waals surface area contributed by atoms with Gasteiger partial charge in [-0.15, -0.1) is 0 Å². The van der Waals surface area contributed by atoms with E-state index in [-0.39, 0.29) is 11.8 Å². The fraction of sp³-hybridized carbons (Fsp3) is 0.767. The van der Waals surface area contributed by atoms with Gasteiger partial charge in [0.15, 0.2) is 0 Å². The van der Waals surface area contributed by atoms with Gasteiger partial charge in [0.1, 0.15) is 18.0 Å². The Morgan fingerprint density at radius 3 is 1.23 bits per heavy atom. The predicted octanol–water partition coefficient (Wildman–Crippen LogP) is -0.304. The van der Waals surface area contributed by atoms with E-state index in [1.165, 1.54) is 125 Å². The molecule has 0 bridgehead atoms. The van der Waals surface area contributed by atoms with Crippen molar-refractivity contribution in [2.45, 2.75) is 167 Å². The van der Waals surface area contributed by atoms with Gasteiger partial charge in [0.2, 0.25) is 5.91 Å². The van der Waals surface area contributed by atoms with E-state index in [9.17, 15) is 9.18 Å². The molecule has 15 heteroatoms. The summed E-state index contributed by atoms with van der Waals surface area (Å²) in [5, 5.41) is 0. The second-order valence-corrected chi connectivity index (χ2v) is 22.6. The number of alkyl halides is 1. The standard InChI is InChI=1S/C12H17NO.C9H18N2O.2C9H19NO.C8H17NO.C7H15NO.C6H12FN/c1-13-9-7-12(8-10-13)14-11-5-3-2-4-6-11;1-10(2)9(12)8-4-6-11(3)7-5-8;1-8(2)11-9-4-6-10(3)7-5-9;1-3-8-11-9-4-6-10(2)7-5-9;1-3-10-8-4-6-9(2)7-5-8;1-8-5-3-7(9-2)4-6-8;1-8-4-2-6(7)3-5-8/h2-6,12-13H,1,7-10H2;8,11H,3-7H2,1-2H3;8-10H,3-7H2,1-2H3;9-10H,2-8H2,1H3;8-9H,2-7H2,1H3;7-8H,1,3-6H2,2H3;6,8H,1-5H2. The van der Waals surface area contributed by atoms with Crippen LogP contribution in [0.2, 0.25) is 0 Å². The van der Waals surface area contributed by atoms with Crippen LogP contribution in [-0.4, -0.2) is 180 Å². The van der Waals surface area contributed by atoms with Crippen molar-refractivity contribution >= 4 is 5.91 Å². The highest BCUT2D eigenvalue weighted by molar-refractivity contribution is 5.78. The van der Waals surface area contributed by atoms with E-state index in [1.54, 1.807) is 12.0 Å². The van der Waals surface area contributed by atoms with Gasteiger partial charge in [0, 0.05) is 130 Å². The molecule has 0 aliphatic carbocycles. The highest BCUT2D eigenvalue weighted by Crippen LogP contribution is 2.15. The first-order valence-corrected chi connectivity index (χ1v) is 29.6. The molecule has 0 spiro atoms. The van der Waals surface area contributed by atoms with Gasteiger partial charge in [-0.3, -0.25) is 4.79 Å². The van der Waals surface area contributed by atoms with Gasteiger partial charge in [-0.05, 0) is 39.3 Å². The minimum atomic E-state index is -0.541. The molecule has 14 nitrogen and oxygen atoms in total. The van der Waals surface area contributed by atoms with Crippen molar-refractivity contribution in [2.24, 2.45) is 5.92 Å². The number of ether oxygens (including phenoxy) is 5. The van der Waals surface area contributed by atoms with Crippen LogP contribution in [0.5, 0.6) is 5.75 Å². The van der Waals surface area contributed by atoms with Crippen LogP contribution in [-0.2, 0) is 23.7 Å². The molecule has 7 fully saturated rings. The van der Waals surface area contributed by atoms with Crippen LogP contribution >= 0.6 is 0 Å². The molecule has 0 saturated carbocycles. The summed E-state index contributed by atoms with van der Waals surface area (Å²) in [6, 6.07) is 10.1. The lowest BCUT2D eigenvalue weighted by Gasteiger charge is -2.31. The average molecular weight is 1070 g/mol. The summed E-state index contributed by atoms with van der Waals surface area (Å²) in [5.74, 6) is 1.53. The lowest BCUT2D eigenvalue weighted by atomic mass is 9.96. The first-order chi connectivity index (χ1) is 35.9. The Balaban J connectivity index is 0.000000301. The van der Waals surface area contributed by atoms with E-state index >= 15 is 0 Å². The molecule has 1 aromatic carbocycles. The summed E-state index contributed by atoms with van der Waals surface area (Å²) < 4.78 is 40.2. The molecule has 0 aromatic heterocycles. The molecule has 0 atom stereocenters. The van der Waals surface area contributed by atoms with Crippen molar-refractivity contribution in [3.63, 3.8) is 0 Å². The number of hydrogen-bond donors (Lipinski definition) is 7. The number of piperidine rings is 7. The topological polar surface area (TPSA) is 97.5 Å². The van der Waals surface area contributed by atoms with Gasteiger partial charge in [-0.2, -0.15) is 49.3 Å². The van der Waals surface area contributed by atoms with Crippen molar-refractivity contribution in [3.8, 4) is 5.75 Å². The largest absolute Gasteiger partial charge is 0.490 e. The van der Waals surface area contributed by atoms with Gasteiger partial charge >= 0.3 is 0 Å². The first kappa shape index (κ1) is 69.1. The number of hydrogen-bond acceptors (Lipinski definition) is 6. The van der Waals surface area contributed by atoms with E-state index in [2.05, 4.69) is 77.0 Å². The number of methoxy groups -OCH3 is 1. The molecule has 7 saturated heterocycles. The SMILES string of the molecule is [CH2-][NH+]1CCC(C(=O)N(C)C)CC1.[CH2-][NH+]1CCC(F)CC1.[CH2-][NH+]1CCC(OC(C)C)CC1.[CH2-][NH+]1CCC(OC)CC1.[CH2-][NH+]1CCC(OCC)CC1.[CH2-][NH+]1CCC(OCCC)CC1.[CH2-][NH+]1CCC(Oc2ccccc2)CC1. The van der Waals surface area contributed by atoms with Crippen LogP contribution in [0.15, 0.2) is 30.3 Å². The number of benzene rings is 1. The van der Waals surface area contributed by atoms with Gasteiger partial charge in [-0.25, -0.2) is 4.39 Å². The number of nitrogens with one attached hydrogen (secondary N) is 7. The molecule has 7 aliphatic heterocycles. The van der Waals surface area contributed by atoms with Gasteiger partial charge < -0.3 is 62.9 Å². The normalized spacial score (nSPS) is 32.6. The minimum Gasteiger partial charge on any atom is -0.490 e. The van der Waals surface area contributed by atoms with Crippen LogP contribution in [0.1, 0.15) is 124 Å². The third kappa shape index (κ3) is 34.6. The minimum absolute atomic E-state index is 0.255. The maximum Gasteiger partial charge on any atom is 0.225 e. The molecule has 0 radical (unpaired) electrons. The quantitative estimate of drug-likeness (QED) is 0.154. The lowest BCUT2D eigenvalue weighted by molar-refractivity contribution is -0.860. The summed E-state index contributed by atoms with van der Waals surface area (Å²) >= 11 is 0. The number of quaternary nitrogens is 7. The Morgan fingerprint density at radius 2 is 0.880 bits per heavy atom. The van der Waals surface area contributed by atoms with Crippen LogP contribution in [0.3, 0.4) is 0 Å². The Hall–Kier alpha value is -2.02. The van der Waals surface area contributed by atoms with Gasteiger partial charge in [-0.1, -0.05) is 25.1 Å².